The number of benzene rings is 2. The van der Waals surface area contributed by atoms with Gasteiger partial charge in [0.2, 0.25) is 0 Å². The third kappa shape index (κ3) is 2.84. The van der Waals surface area contributed by atoms with Crippen LogP contribution < -0.4 is 0 Å². The summed E-state index contributed by atoms with van der Waals surface area (Å²) >= 11 is 3.84. The summed E-state index contributed by atoms with van der Waals surface area (Å²) in [4.78, 5) is 0.258. The van der Waals surface area contributed by atoms with Crippen molar-refractivity contribution < 1.29 is 0 Å². The van der Waals surface area contributed by atoms with E-state index in [1.807, 2.05) is 0 Å². The van der Waals surface area contributed by atoms with Crippen molar-refractivity contribution in [2.75, 3.05) is 0 Å². The van der Waals surface area contributed by atoms with Gasteiger partial charge in [-0.2, -0.15) is 0 Å². The van der Waals surface area contributed by atoms with Crippen LogP contribution in [0.1, 0.15) is 42.3 Å². The lowest BCUT2D eigenvalue weighted by Gasteiger charge is -2.25. The molecule has 94 valence electrons. The molecule has 0 saturated heterocycles. The van der Waals surface area contributed by atoms with Crippen LogP contribution in [0.5, 0.6) is 0 Å². The highest BCUT2D eigenvalue weighted by atomic mass is 79.9. The van der Waals surface area contributed by atoms with Crippen molar-refractivity contribution in [1.82, 2.24) is 0 Å². The molecule has 2 rings (SSSR count). The van der Waals surface area contributed by atoms with Crippen molar-refractivity contribution in [3.8, 4) is 0 Å². The molecule has 0 aliphatic heterocycles. The fourth-order valence-electron chi connectivity index (χ4n) is 2.20. The average molecular weight is 303 g/mol. The van der Waals surface area contributed by atoms with E-state index in [0.29, 0.717) is 0 Å². The molecule has 0 spiro atoms. The first-order chi connectivity index (χ1) is 8.50. The maximum absolute atomic E-state index is 3.84. The standard InChI is InChI=1S/C17H19Br/c1-17(2,3)15-12-8-7-11-14(15)16(18)13-9-5-4-6-10-13/h4-12,16H,1-3H3. The Morgan fingerprint density at radius 3 is 2.00 bits per heavy atom. The van der Waals surface area contributed by atoms with Crippen LogP contribution in [0, 0.1) is 0 Å². The minimum Gasteiger partial charge on any atom is -0.0786 e. The van der Waals surface area contributed by atoms with Crippen LogP contribution in [0.3, 0.4) is 0 Å². The summed E-state index contributed by atoms with van der Waals surface area (Å²) in [5.74, 6) is 0. The first-order valence-corrected chi connectivity index (χ1v) is 7.20. The highest BCUT2D eigenvalue weighted by Crippen LogP contribution is 2.37. The molecule has 0 heterocycles. The molecule has 0 aromatic heterocycles. The van der Waals surface area contributed by atoms with Crippen molar-refractivity contribution in [3.63, 3.8) is 0 Å². The second-order valence-electron chi connectivity index (χ2n) is 5.61. The van der Waals surface area contributed by atoms with Gasteiger partial charge in [0, 0.05) is 0 Å². The third-order valence-electron chi connectivity index (χ3n) is 3.13. The van der Waals surface area contributed by atoms with Crippen LogP contribution in [0.4, 0.5) is 0 Å². The van der Waals surface area contributed by atoms with Crippen LogP contribution in [0.15, 0.2) is 54.6 Å². The van der Waals surface area contributed by atoms with Gasteiger partial charge in [-0.3, -0.25) is 0 Å². The zero-order chi connectivity index (χ0) is 13.2. The lowest BCUT2D eigenvalue weighted by atomic mass is 9.82. The Balaban J connectivity index is 2.46. The van der Waals surface area contributed by atoms with Gasteiger partial charge in [-0.05, 0) is 22.1 Å². The van der Waals surface area contributed by atoms with Crippen LogP contribution in [-0.2, 0) is 5.41 Å². The quantitative estimate of drug-likeness (QED) is 0.645. The van der Waals surface area contributed by atoms with Crippen molar-refractivity contribution in [2.45, 2.75) is 31.0 Å². The van der Waals surface area contributed by atoms with E-state index in [1.54, 1.807) is 0 Å². The molecule has 2 aromatic rings. The molecule has 0 amide bonds. The van der Waals surface area contributed by atoms with Gasteiger partial charge in [0.05, 0.1) is 4.83 Å². The van der Waals surface area contributed by atoms with E-state index in [4.69, 9.17) is 0 Å². The molecule has 1 atom stereocenters. The Labute approximate surface area is 118 Å². The smallest absolute Gasteiger partial charge is 0.0647 e. The zero-order valence-electron chi connectivity index (χ0n) is 11.2. The topological polar surface area (TPSA) is 0 Å². The monoisotopic (exact) mass is 302 g/mol. The van der Waals surface area contributed by atoms with Crippen molar-refractivity contribution >= 4 is 15.9 Å². The van der Waals surface area contributed by atoms with Crippen LogP contribution in [-0.4, -0.2) is 0 Å². The molecule has 0 aliphatic carbocycles. The second kappa shape index (κ2) is 5.27. The van der Waals surface area contributed by atoms with E-state index in [2.05, 4.69) is 91.3 Å². The molecule has 2 aromatic carbocycles. The molecule has 1 heteroatoms. The fourth-order valence-corrected chi connectivity index (χ4v) is 2.91. The summed E-state index contributed by atoms with van der Waals surface area (Å²) in [5.41, 5.74) is 4.22. The van der Waals surface area contributed by atoms with Crippen LogP contribution in [0.2, 0.25) is 0 Å². The van der Waals surface area contributed by atoms with Crippen LogP contribution in [0.25, 0.3) is 0 Å². The molecule has 0 nitrogen and oxygen atoms in total. The van der Waals surface area contributed by atoms with Gasteiger partial charge in [-0.1, -0.05) is 91.3 Å². The molecule has 0 N–H and O–H groups in total. The molecule has 0 bridgehead atoms. The molecule has 0 aliphatic rings. The summed E-state index contributed by atoms with van der Waals surface area (Å²) in [6.45, 7) is 6.78. The summed E-state index contributed by atoms with van der Waals surface area (Å²) in [6.07, 6.45) is 0. The zero-order valence-corrected chi connectivity index (χ0v) is 12.7. The lowest BCUT2D eigenvalue weighted by Crippen LogP contribution is -2.15. The lowest BCUT2D eigenvalue weighted by molar-refractivity contribution is 0.584. The maximum atomic E-state index is 3.84. The summed E-state index contributed by atoms with van der Waals surface area (Å²) in [7, 11) is 0. The van der Waals surface area contributed by atoms with Gasteiger partial charge in [-0.25, -0.2) is 0 Å². The van der Waals surface area contributed by atoms with Gasteiger partial charge < -0.3 is 0 Å². The molecule has 0 saturated carbocycles. The van der Waals surface area contributed by atoms with Gasteiger partial charge in [0.1, 0.15) is 0 Å². The molecule has 0 radical (unpaired) electrons. The summed E-state index contributed by atoms with van der Waals surface area (Å²) < 4.78 is 0. The van der Waals surface area contributed by atoms with E-state index < -0.39 is 0 Å². The van der Waals surface area contributed by atoms with Gasteiger partial charge in [-0.15, -0.1) is 0 Å². The predicted octanol–water partition coefficient (Wildman–Crippen LogP) is 5.47. The Bertz CT molecular complexity index is 509. The number of hydrogen-bond acceptors (Lipinski definition) is 0. The minimum atomic E-state index is 0.164. The number of halogens is 1. The summed E-state index contributed by atoms with van der Waals surface area (Å²) in [5, 5.41) is 0. The second-order valence-corrected chi connectivity index (χ2v) is 6.53. The first kappa shape index (κ1) is 13.4. The number of alkyl halides is 1. The predicted molar refractivity (Wildman–Crippen MR) is 82.4 cm³/mol. The fraction of sp³-hybridized carbons (Fsp3) is 0.294. The largest absolute Gasteiger partial charge is 0.0786 e. The van der Waals surface area contributed by atoms with Gasteiger partial charge in [0.25, 0.3) is 0 Å². The van der Waals surface area contributed by atoms with Crippen molar-refractivity contribution in [1.29, 1.82) is 0 Å². The van der Waals surface area contributed by atoms with Gasteiger partial charge >= 0.3 is 0 Å². The molecular weight excluding hydrogens is 284 g/mol. The molecule has 0 fully saturated rings. The highest BCUT2D eigenvalue weighted by Gasteiger charge is 2.21. The third-order valence-corrected chi connectivity index (χ3v) is 4.16. The van der Waals surface area contributed by atoms with Gasteiger partial charge in [0.15, 0.2) is 0 Å². The Hall–Kier alpha value is -1.08. The Kier molecular flexibility index (Phi) is 3.91. The van der Waals surface area contributed by atoms with E-state index in [9.17, 15) is 0 Å². The van der Waals surface area contributed by atoms with E-state index in [1.165, 1.54) is 16.7 Å². The summed E-state index contributed by atoms with van der Waals surface area (Å²) in [6, 6.07) is 19.2. The van der Waals surface area contributed by atoms with Crippen molar-refractivity contribution in [3.05, 3.63) is 71.3 Å². The molecule has 18 heavy (non-hydrogen) atoms. The van der Waals surface area contributed by atoms with E-state index in [-0.39, 0.29) is 10.2 Å². The first-order valence-electron chi connectivity index (χ1n) is 6.28. The average Bonchev–Trinajstić information content (AvgIpc) is 2.38. The number of hydrogen-bond donors (Lipinski definition) is 0. The maximum Gasteiger partial charge on any atom is 0.0647 e. The SMILES string of the molecule is CC(C)(C)c1ccccc1C(Br)c1ccccc1. The molecular formula is C17H19Br. The Morgan fingerprint density at radius 1 is 0.833 bits per heavy atom. The van der Waals surface area contributed by atoms with Crippen LogP contribution >= 0.6 is 15.9 Å². The van der Waals surface area contributed by atoms with Crippen molar-refractivity contribution in [2.24, 2.45) is 0 Å². The molecule has 1 unspecified atom stereocenters. The minimum absolute atomic E-state index is 0.164. The normalized spacial score (nSPS) is 13.3. The highest BCUT2D eigenvalue weighted by molar-refractivity contribution is 9.09. The van der Waals surface area contributed by atoms with E-state index >= 15 is 0 Å². The Morgan fingerprint density at radius 2 is 1.39 bits per heavy atom. The van der Waals surface area contributed by atoms with E-state index in [0.717, 1.165) is 0 Å². The number of rotatable bonds is 2.